The zero-order chi connectivity index (χ0) is 14.8. The Bertz CT molecular complexity index is 546. The minimum Gasteiger partial charge on any atom is -0.464 e. The quantitative estimate of drug-likeness (QED) is 0.880. The van der Waals surface area contributed by atoms with Gasteiger partial charge in [0, 0.05) is 0 Å². The third-order valence-electron chi connectivity index (χ3n) is 3.56. The molecular formula is C18H25NO. The predicted octanol–water partition coefficient (Wildman–Crippen LogP) is 4.58. The fourth-order valence-corrected chi connectivity index (χ4v) is 2.37. The van der Waals surface area contributed by atoms with Crippen LogP contribution in [-0.2, 0) is 5.41 Å². The Kier molecular flexibility index (Phi) is 4.34. The Morgan fingerprint density at radius 2 is 1.70 bits per heavy atom. The monoisotopic (exact) mass is 271 g/mol. The van der Waals surface area contributed by atoms with Crippen molar-refractivity contribution >= 4 is 0 Å². The van der Waals surface area contributed by atoms with Gasteiger partial charge in [-0.2, -0.15) is 0 Å². The van der Waals surface area contributed by atoms with Crippen LogP contribution in [0.2, 0.25) is 0 Å². The Labute approximate surface area is 122 Å². The van der Waals surface area contributed by atoms with Gasteiger partial charge in [0.2, 0.25) is 0 Å². The molecule has 0 aliphatic heterocycles. The fraction of sp³-hybridized carbons (Fsp3) is 0.444. The first kappa shape index (κ1) is 14.9. The highest BCUT2D eigenvalue weighted by molar-refractivity contribution is 5.32. The smallest absolute Gasteiger partial charge is 0.125 e. The molecule has 20 heavy (non-hydrogen) atoms. The maximum Gasteiger partial charge on any atom is 0.125 e. The van der Waals surface area contributed by atoms with Crippen molar-refractivity contribution in [3.8, 4) is 0 Å². The van der Waals surface area contributed by atoms with E-state index in [1.165, 1.54) is 11.1 Å². The van der Waals surface area contributed by atoms with Gasteiger partial charge in [0.15, 0.2) is 0 Å². The van der Waals surface area contributed by atoms with E-state index in [9.17, 15) is 0 Å². The Hall–Kier alpha value is -1.54. The fourth-order valence-electron chi connectivity index (χ4n) is 2.37. The van der Waals surface area contributed by atoms with Crippen molar-refractivity contribution < 1.29 is 4.42 Å². The molecule has 1 atom stereocenters. The van der Waals surface area contributed by atoms with Gasteiger partial charge in [-0.15, -0.1) is 0 Å². The molecule has 0 radical (unpaired) electrons. The van der Waals surface area contributed by atoms with Gasteiger partial charge < -0.3 is 9.73 Å². The molecule has 1 aromatic heterocycles. The third-order valence-corrected chi connectivity index (χ3v) is 3.56. The van der Waals surface area contributed by atoms with Crippen molar-refractivity contribution in [1.29, 1.82) is 0 Å². The van der Waals surface area contributed by atoms with Gasteiger partial charge in [0.25, 0.3) is 0 Å². The summed E-state index contributed by atoms with van der Waals surface area (Å²) in [5.74, 6) is 1.93. The van der Waals surface area contributed by atoms with Gasteiger partial charge in [-0.1, -0.05) is 52.0 Å². The maximum absolute atomic E-state index is 5.79. The zero-order valence-corrected chi connectivity index (χ0v) is 13.2. The van der Waals surface area contributed by atoms with Crippen molar-refractivity contribution in [2.75, 3.05) is 6.54 Å². The molecule has 0 saturated carbocycles. The molecule has 2 rings (SSSR count). The van der Waals surface area contributed by atoms with Crippen LogP contribution in [0.4, 0.5) is 0 Å². The van der Waals surface area contributed by atoms with Gasteiger partial charge in [0.1, 0.15) is 11.5 Å². The van der Waals surface area contributed by atoms with E-state index in [1.807, 2.05) is 13.0 Å². The standard InChI is InChI=1S/C18H25NO/c1-6-19-17(16-12-7-13(2)20-16)14-8-10-15(11-9-14)18(3,4)5/h7-12,17,19H,6H2,1-5H3. The maximum atomic E-state index is 5.79. The van der Waals surface area contributed by atoms with Gasteiger partial charge in [-0.25, -0.2) is 0 Å². The van der Waals surface area contributed by atoms with E-state index in [0.29, 0.717) is 0 Å². The molecular weight excluding hydrogens is 246 g/mol. The molecule has 0 bridgehead atoms. The molecule has 1 aromatic carbocycles. The SMILES string of the molecule is CCNC(c1ccc(C(C)(C)C)cc1)c1ccc(C)o1. The van der Waals surface area contributed by atoms with Crippen LogP contribution in [0.15, 0.2) is 40.8 Å². The van der Waals surface area contributed by atoms with Crippen molar-refractivity contribution in [1.82, 2.24) is 5.32 Å². The van der Waals surface area contributed by atoms with E-state index in [4.69, 9.17) is 4.42 Å². The van der Waals surface area contributed by atoms with Crippen molar-refractivity contribution in [2.24, 2.45) is 0 Å². The highest BCUT2D eigenvalue weighted by atomic mass is 16.3. The van der Waals surface area contributed by atoms with Gasteiger partial charge >= 0.3 is 0 Å². The third kappa shape index (κ3) is 3.31. The Morgan fingerprint density at radius 3 is 2.15 bits per heavy atom. The summed E-state index contributed by atoms with van der Waals surface area (Å²) < 4.78 is 5.79. The minimum atomic E-state index is 0.128. The van der Waals surface area contributed by atoms with Crippen LogP contribution in [-0.4, -0.2) is 6.54 Å². The Morgan fingerprint density at radius 1 is 1.05 bits per heavy atom. The number of hydrogen-bond acceptors (Lipinski definition) is 2. The Balaban J connectivity index is 2.30. The molecule has 2 nitrogen and oxygen atoms in total. The minimum absolute atomic E-state index is 0.128. The number of hydrogen-bond donors (Lipinski definition) is 1. The molecule has 1 N–H and O–H groups in total. The van der Waals surface area contributed by atoms with Gasteiger partial charge in [-0.05, 0) is 42.1 Å². The lowest BCUT2D eigenvalue weighted by Crippen LogP contribution is -2.21. The van der Waals surface area contributed by atoms with Crippen molar-refractivity contribution in [2.45, 2.75) is 46.1 Å². The molecule has 0 aliphatic rings. The number of aryl methyl sites for hydroxylation is 1. The second-order valence-electron chi connectivity index (χ2n) is 6.31. The summed E-state index contributed by atoms with van der Waals surface area (Å²) in [4.78, 5) is 0. The molecule has 2 aromatic rings. The molecule has 0 fully saturated rings. The van der Waals surface area contributed by atoms with Crippen LogP contribution in [0.25, 0.3) is 0 Å². The van der Waals surface area contributed by atoms with Crippen LogP contribution < -0.4 is 5.32 Å². The lowest BCUT2D eigenvalue weighted by atomic mass is 9.86. The van der Waals surface area contributed by atoms with Crippen LogP contribution in [0.1, 0.15) is 56.4 Å². The first-order chi connectivity index (χ1) is 9.41. The summed E-state index contributed by atoms with van der Waals surface area (Å²) >= 11 is 0. The summed E-state index contributed by atoms with van der Waals surface area (Å²) in [5, 5.41) is 3.49. The van der Waals surface area contributed by atoms with Crippen LogP contribution >= 0.6 is 0 Å². The molecule has 0 aliphatic carbocycles. The highest BCUT2D eigenvalue weighted by Gasteiger charge is 2.18. The summed E-state index contributed by atoms with van der Waals surface area (Å²) in [5.41, 5.74) is 2.79. The number of rotatable bonds is 4. The highest BCUT2D eigenvalue weighted by Crippen LogP contribution is 2.27. The largest absolute Gasteiger partial charge is 0.464 e. The second kappa shape index (κ2) is 5.84. The summed E-state index contributed by atoms with van der Waals surface area (Å²) in [7, 11) is 0. The van der Waals surface area contributed by atoms with E-state index >= 15 is 0 Å². The van der Waals surface area contributed by atoms with Crippen LogP contribution in [0, 0.1) is 6.92 Å². The molecule has 108 valence electrons. The first-order valence-corrected chi connectivity index (χ1v) is 7.32. The number of nitrogens with one attached hydrogen (secondary N) is 1. The molecule has 0 spiro atoms. The molecule has 0 amide bonds. The molecule has 0 saturated heterocycles. The average Bonchev–Trinajstić information content (AvgIpc) is 2.81. The van der Waals surface area contributed by atoms with Crippen molar-refractivity contribution in [3.63, 3.8) is 0 Å². The second-order valence-corrected chi connectivity index (χ2v) is 6.31. The summed E-state index contributed by atoms with van der Waals surface area (Å²) in [6, 6.07) is 13.0. The molecule has 1 unspecified atom stereocenters. The van der Waals surface area contributed by atoms with Crippen molar-refractivity contribution in [3.05, 3.63) is 59.0 Å². The topological polar surface area (TPSA) is 25.2 Å². The lowest BCUT2D eigenvalue weighted by Gasteiger charge is -2.21. The van der Waals surface area contributed by atoms with E-state index in [1.54, 1.807) is 0 Å². The molecule has 1 heterocycles. The van der Waals surface area contributed by atoms with E-state index in [-0.39, 0.29) is 11.5 Å². The summed E-state index contributed by atoms with van der Waals surface area (Å²) in [6.45, 7) is 11.7. The molecule has 2 heteroatoms. The number of benzene rings is 1. The van der Waals surface area contributed by atoms with E-state index < -0.39 is 0 Å². The number of furan rings is 1. The van der Waals surface area contributed by atoms with Gasteiger partial charge in [0.05, 0.1) is 6.04 Å². The van der Waals surface area contributed by atoms with E-state index in [2.05, 4.69) is 63.3 Å². The van der Waals surface area contributed by atoms with Gasteiger partial charge in [-0.3, -0.25) is 0 Å². The lowest BCUT2D eigenvalue weighted by molar-refractivity contribution is 0.435. The zero-order valence-electron chi connectivity index (χ0n) is 13.2. The predicted molar refractivity (Wildman–Crippen MR) is 84.1 cm³/mol. The van der Waals surface area contributed by atoms with Crippen LogP contribution in [0.5, 0.6) is 0 Å². The summed E-state index contributed by atoms with van der Waals surface area (Å²) in [6.07, 6.45) is 0. The normalized spacial score (nSPS) is 13.4. The first-order valence-electron chi connectivity index (χ1n) is 7.32. The van der Waals surface area contributed by atoms with Crippen LogP contribution in [0.3, 0.4) is 0 Å². The van der Waals surface area contributed by atoms with E-state index in [0.717, 1.165) is 18.1 Å². The average molecular weight is 271 g/mol.